The zero-order valence-corrected chi connectivity index (χ0v) is 20.9. The number of carbonyl (C=O) groups is 1. The fraction of sp³-hybridized carbons (Fsp3) is 0.423. The molecule has 36 heavy (non-hydrogen) atoms. The average molecular weight is 514 g/mol. The molecule has 8 nitrogen and oxygen atoms in total. The monoisotopic (exact) mass is 513 g/mol. The van der Waals surface area contributed by atoms with Crippen LogP contribution in [0.25, 0.3) is 10.9 Å². The lowest BCUT2D eigenvalue weighted by molar-refractivity contribution is -0.133. The van der Waals surface area contributed by atoms with Crippen LogP contribution >= 0.6 is 11.6 Å². The summed E-state index contributed by atoms with van der Waals surface area (Å²) in [4.78, 5) is 25.7. The van der Waals surface area contributed by atoms with Crippen molar-refractivity contribution in [1.82, 2.24) is 19.8 Å². The largest absolute Gasteiger partial charge is 0.493 e. The Balaban J connectivity index is 1.35. The highest BCUT2D eigenvalue weighted by Gasteiger charge is 2.31. The van der Waals surface area contributed by atoms with Gasteiger partial charge >= 0.3 is 0 Å². The molecule has 1 amide bonds. The third-order valence-electron chi connectivity index (χ3n) is 6.81. The minimum Gasteiger partial charge on any atom is -0.493 e. The SMILES string of the molecule is COc1cc2ncnc(Nc3cccc(Cl)c3F)c2cc1OCC1CCCN1C(=O)CN1CCCC1. The van der Waals surface area contributed by atoms with Crippen LogP contribution in [0, 0.1) is 5.82 Å². The van der Waals surface area contributed by atoms with Gasteiger partial charge in [0.1, 0.15) is 18.8 Å². The predicted octanol–water partition coefficient (Wildman–Crippen LogP) is 4.64. The molecule has 0 spiro atoms. The first kappa shape index (κ1) is 24.5. The first-order valence-electron chi connectivity index (χ1n) is 12.2. The highest BCUT2D eigenvalue weighted by Crippen LogP contribution is 2.36. The molecule has 2 fully saturated rings. The highest BCUT2D eigenvalue weighted by atomic mass is 35.5. The minimum absolute atomic E-state index is 0.00526. The normalized spacial score (nSPS) is 18.1. The molecule has 2 aliphatic rings. The molecular formula is C26H29ClFN5O3. The number of likely N-dealkylation sites (tertiary alicyclic amines) is 2. The number of amides is 1. The summed E-state index contributed by atoms with van der Waals surface area (Å²) in [5, 5.41) is 3.67. The van der Waals surface area contributed by atoms with Crippen LogP contribution < -0.4 is 14.8 Å². The number of nitrogens with zero attached hydrogens (tertiary/aromatic N) is 4. The third-order valence-corrected chi connectivity index (χ3v) is 7.10. The van der Waals surface area contributed by atoms with Crippen LogP contribution in [0.1, 0.15) is 25.7 Å². The molecule has 0 radical (unpaired) electrons. The Morgan fingerprint density at radius 2 is 2.00 bits per heavy atom. The van der Waals surface area contributed by atoms with E-state index in [2.05, 4.69) is 20.2 Å². The van der Waals surface area contributed by atoms with E-state index in [1.807, 2.05) is 4.90 Å². The summed E-state index contributed by atoms with van der Waals surface area (Å²) in [5.41, 5.74) is 0.821. The zero-order chi connectivity index (χ0) is 25.1. The molecule has 0 saturated carbocycles. The fourth-order valence-electron chi connectivity index (χ4n) is 4.91. The Hall–Kier alpha value is -3.17. The first-order valence-corrected chi connectivity index (χ1v) is 12.6. The molecule has 2 aromatic carbocycles. The van der Waals surface area contributed by atoms with Crippen molar-refractivity contribution >= 4 is 39.9 Å². The van der Waals surface area contributed by atoms with Crippen molar-refractivity contribution in [2.24, 2.45) is 0 Å². The molecule has 2 aliphatic heterocycles. The van der Waals surface area contributed by atoms with Crippen molar-refractivity contribution in [2.75, 3.05) is 45.2 Å². The molecule has 5 rings (SSSR count). The van der Waals surface area contributed by atoms with Crippen molar-refractivity contribution in [3.63, 3.8) is 0 Å². The van der Waals surface area contributed by atoms with E-state index in [0.717, 1.165) is 45.3 Å². The Morgan fingerprint density at radius 3 is 2.81 bits per heavy atom. The van der Waals surface area contributed by atoms with E-state index in [1.165, 1.54) is 12.4 Å². The van der Waals surface area contributed by atoms with Gasteiger partial charge in [-0.2, -0.15) is 0 Å². The molecular weight excluding hydrogens is 485 g/mol. The maximum absolute atomic E-state index is 14.5. The Labute approximate surface area is 214 Å². The first-order chi connectivity index (χ1) is 17.5. The molecule has 1 aromatic heterocycles. The Bertz CT molecular complexity index is 1250. The van der Waals surface area contributed by atoms with Crippen molar-refractivity contribution in [1.29, 1.82) is 0 Å². The van der Waals surface area contributed by atoms with E-state index < -0.39 is 5.82 Å². The molecule has 1 unspecified atom stereocenters. The van der Waals surface area contributed by atoms with Gasteiger partial charge in [0.25, 0.3) is 0 Å². The number of ether oxygens (including phenoxy) is 2. The number of fused-ring (bicyclic) bond motifs is 1. The molecule has 0 bridgehead atoms. The number of methoxy groups -OCH3 is 1. The van der Waals surface area contributed by atoms with Crippen molar-refractivity contribution in [2.45, 2.75) is 31.7 Å². The van der Waals surface area contributed by atoms with Crippen LogP contribution in [0.2, 0.25) is 5.02 Å². The molecule has 3 aromatic rings. The number of aromatic nitrogens is 2. The van der Waals surface area contributed by atoms with E-state index in [-0.39, 0.29) is 22.7 Å². The lowest BCUT2D eigenvalue weighted by Gasteiger charge is -2.27. The summed E-state index contributed by atoms with van der Waals surface area (Å²) < 4.78 is 26.3. The van der Waals surface area contributed by atoms with Gasteiger partial charge in [0.05, 0.1) is 35.9 Å². The topological polar surface area (TPSA) is 79.8 Å². The smallest absolute Gasteiger partial charge is 0.237 e. The summed E-state index contributed by atoms with van der Waals surface area (Å²) in [6, 6.07) is 8.28. The van der Waals surface area contributed by atoms with E-state index in [4.69, 9.17) is 21.1 Å². The van der Waals surface area contributed by atoms with Crippen LogP contribution in [0.15, 0.2) is 36.7 Å². The van der Waals surface area contributed by atoms with Gasteiger partial charge in [0.2, 0.25) is 5.91 Å². The van der Waals surface area contributed by atoms with Gasteiger partial charge in [0, 0.05) is 18.0 Å². The average Bonchev–Trinajstić information content (AvgIpc) is 3.57. The van der Waals surface area contributed by atoms with E-state index in [1.54, 1.807) is 31.4 Å². The van der Waals surface area contributed by atoms with E-state index in [9.17, 15) is 9.18 Å². The molecule has 3 heterocycles. The second kappa shape index (κ2) is 10.8. The molecule has 1 N–H and O–H groups in total. The van der Waals surface area contributed by atoms with Crippen molar-refractivity contribution in [3.05, 3.63) is 47.5 Å². The summed E-state index contributed by atoms with van der Waals surface area (Å²) in [6.07, 6.45) is 5.57. The van der Waals surface area contributed by atoms with Gasteiger partial charge in [-0.3, -0.25) is 9.69 Å². The van der Waals surface area contributed by atoms with E-state index >= 15 is 0 Å². The molecule has 10 heteroatoms. The Kier molecular flexibility index (Phi) is 7.38. The van der Waals surface area contributed by atoms with Gasteiger partial charge < -0.3 is 19.7 Å². The number of halogens is 2. The summed E-state index contributed by atoms with van der Waals surface area (Å²) in [5.74, 6) is 1.05. The number of hydrogen-bond donors (Lipinski definition) is 1. The maximum atomic E-state index is 14.5. The molecule has 190 valence electrons. The summed E-state index contributed by atoms with van der Waals surface area (Å²) in [6.45, 7) is 3.57. The minimum atomic E-state index is -0.559. The maximum Gasteiger partial charge on any atom is 0.237 e. The number of carbonyl (C=O) groups excluding carboxylic acids is 1. The van der Waals surface area contributed by atoms with Gasteiger partial charge in [0.15, 0.2) is 17.3 Å². The second-order valence-electron chi connectivity index (χ2n) is 9.15. The van der Waals surface area contributed by atoms with Crippen LogP contribution in [0.3, 0.4) is 0 Å². The number of hydrogen-bond acceptors (Lipinski definition) is 7. The quantitative estimate of drug-likeness (QED) is 0.470. The van der Waals surface area contributed by atoms with Crippen molar-refractivity contribution in [3.8, 4) is 11.5 Å². The standard InChI is InChI=1S/C26H29ClFN5O3/c1-35-22-13-21-18(26(30-16-29-21)31-20-8-4-7-19(27)25(20)28)12-23(22)36-15-17-6-5-11-33(17)24(34)14-32-9-2-3-10-32/h4,7-8,12-13,16-17H,2-3,5-6,9-11,14-15H2,1H3,(H,29,30,31). The van der Waals surface area contributed by atoms with Gasteiger partial charge in [-0.25, -0.2) is 14.4 Å². The van der Waals surface area contributed by atoms with Crippen LogP contribution in [0.5, 0.6) is 11.5 Å². The second-order valence-corrected chi connectivity index (χ2v) is 9.55. The lowest BCUT2D eigenvalue weighted by atomic mass is 10.2. The third kappa shape index (κ3) is 5.17. The Morgan fingerprint density at radius 1 is 1.17 bits per heavy atom. The predicted molar refractivity (Wildman–Crippen MR) is 137 cm³/mol. The van der Waals surface area contributed by atoms with E-state index in [0.29, 0.717) is 41.4 Å². The van der Waals surface area contributed by atoms with Gasteiger partial charge in [-0.1, -0.05) is 17.7 Å². The van der Waals surface area contributed by atoms with Crippen molar-refractivity contribution < 1.29 is 18.7 Å². The molecule has 1 atom stereocenters. The number of anilines is 2. The fourth-order valence-corrected chi connectivity index (χ4v) is 5.08. The summed E-state index contributed by atoms with van der Waals surface area (Å²) in [7, 11) is 1.57. The van der Waals surface area contributed by atoms with Gasteiger partial charge in [-0.15, -0.1) is 0 Å². The molecule has 2 saturated heterocycles. The lowest BCUT2D eigenvalue weighted by Crippen LogP contribution is -2.44. The zero-order valence-electron chi connectivity index (χ0n) is 20.2. The molecule has 0 aliphatic carbocycles. The van der Waals surface area contributed by atoms with Crippen LogP contribution in [-0.4, -0.2) is 71.6 Å². The highest BCUT2D eigenvalue weighted by molar-refractivity contribution is 6.31. The summed E-state index contributed by atoms with van der Waals surface area (Å²) >= 11 is 5.93. The number of benzene rings is 2. The number of nitrogens with one attached hydrogen (secondary N) is 1. The van der Waals surface area contributed by atoms with Crippen LogP contribution in [0.4, 0.5) is 15.9 Å². The van der Waals surface area contributed by atoms with Gasteiger partial charge in [-0.05, 0) is 57.0 Å². The number of rotatable bonds is 8. The van der Waals surface area contributed by atoms with Crippen LogP contribution in [-0.2, 0) is 4.79 Å².